The lowest BCUT2D eigenvalue weighted by atomic mass is 9.64. The summed E-state index contributed by atoms with van der Waals surface area (Å²) in [5.74, 6) is 1.25. The monoisotopic (exact) mass is 279 g/mol. The number of rotatable bonds is 5. The molecule has 1 heterocycles. The molecule has 1 aliphatic rings. The molecule has 1 fully saturated rings. The van der Waals surface area contributed by atoms with Gasteiger partial charge in [0.05, 0.1) is 12.2 Å². The second kappa shape index (κ2) is 5.56. The van der Waals surface area contributed by atoms with E-state index in [1.807, 2.05) is 26.8 Å². The van der Waals surface area contributed by atoms with E-state index in [2.05, 4.69) is 29.1 Å². The van der Waals surface area contributed by atoms with Crippen LogP contribution in [0.4, 0.5) is 5.95 Å². The van der Waals surface area contributed by atoms with Crippen LogP contribution in [0.2, 0.25) is 0 Å². The van der Waals surface area contributed by atoms with Crippen LogP contribution in [-0.4, -0.2) is 35.3 Å². The Labute approximate surface area is 121 Å². The molecule has 1 N–H and O–H groups in total. The Bertz CT molecular complexity index is 474. The Hall–Kier alpha value is -1.36. The Morgan fingerprint density at radius 1 is 1.35 bits per heavy atom. The number of nitrogens with one attached hydrogen (secondary N) is 1. The van der Waals surface area contributed by atoms with E-state index in [0.29, 0.717) is 17.9 Å². The first-order valence-electron chi connectivity index (χ1n) is 7.14. The Kier molecular flexibility index (Phi) is 4.18. The van der Waals surface area contributed by atoms with Crippen molar-refractivity contribution in [3.05, 3.63) is 11.8 Å². The van der Waals surface area contributed by atoms with Crippen molar-refractivity contribution >= 4 is 5.95 Å². The summed E-state index contributed by atoms with van der Waals surface area (Å²) in [5, 5.41) is 3.41. The Balaban J connectivity index is 2.09. The third-order valence-electron chi connectivity index (χ3n) is 3.95. The van der Waals surface area contributed by atoms with Crippen molar-refractivity contribution < 1.29 is 9.47 Å². The van der Waals surface area contributed by atoms with Gasteiger partial charge >= 0.3 is 0 Å². The summed E-state index contributed by atoms with van der Waals surface area (Å²) in [4.78, 5) is 8.86. The number of aryl methyl sites for hydroxylation is 1. The van der Waals surface area contributed by atoms with Crippen molar-refractivity contribution in [1.29, 1.82) is 0 Å². The number of hydrogen-bond donors (Lipinski definition) is 1. The molecule has 0 amide bonds. The van der Waals surface area contributed by atoms with Gasteiger partial charge in [-0.15, -0.1) is 0 Å². The molecule has 1 saturated carbocycles. The SMILES string of the molecule is COC1CC(Nc2nc(C)cc(OC(C)C)n2)C1(C)C. The number of methoxy groups -OCH3 is 1. The molecule has 0 spiro atoms. The summed E-state index contributed by atoms with van der Waals surface area (Å²) >= 11 is 0. The van der Waals surface area contributed by atoms with Crippen molar-refractivity contribution in [2.45, 2.75) is 59.3 Å². The molecule has 1 aromatic rings. The van der Waals surface area contributed by atoms with E-state index >= 15 is 0 Å². The van der Waals surface area contributed by atoms with Crippen LogP contribution in [0.1, 0.15) is 39.8 Å². The molecule has 2 atom stereocenters. The van der Waals surface area contributed by atoms with Gasteiger partial charge < -0.3 is 14.8 Å². The molecule has 1 aromatic heterocycles. The van der Waals surface area contributed by atoms with Crippen LogP contribution in [0.25, 0.3) is 0 Å². The largest absolute Gasteiger partial charge is 0.475 e. The topological polar surface area (TPSA) is 56.3 Å². The fraction of sp³-hybridized carbons (Fsp3) is 0.733. The molecule has 2 unspecified atom stereocenters. The maximum atomic E-state index is 5.65. The van der Waals surface area contributed by atoms with Crippen LogP contribution in [0.15, 0.2) is 6.07 Å². The van der Waals surface area contributed by atoms with Gasteiger partial charge in [0.1, 0.15) is 0 Å². The first-order valence-corrected chi connectivity index (χ1v) is 7.14. The molecule has 0 radical (unpaired) electrons. The maximum absolute atomic E-state index is 5.65. The molecular formula is C15H25N3O2. The van der Waals surface area contributed by atoms with Crippen LogP contribution >= 0.6 is 0 Å². The fourth-order valence-electron chi connectivity index (χ4n) is 2.59. The lowest BCUT2D eigenvalue weighted by molar-refractivity contribution is -0.0796. The Morgan fingerprint density at radius 3 is 2.60 bits per heavy atom. The minimum absolute atomic E-state index is 0.0843. The van der Waals surface area contributed by atoms with Gasteiger partial charge in [0.15, 0.2) is 0 Å². The van der Waals surface area contributed by atoms with Gasteiger partial charge in [0.25, 0.3) is 0 Å². The minimum atomic E-state index is 0.0843. The first kappa shape index (κ1) is 15.0. The highest BCUT2D eigenvalue weighted by Crippen LogP contribution is 2.43. The number of anilines is 1. The molecule has 2 rings (SSSR count). The highest BCUT2D eigenvalue weighted by atomic mass is 16.5. The van der Waals surface area contributed by atoms with E-state index in [1.165, 1.54) is 0 Å². The van der Waals surface area contributed by atoms with Gasteiger partial charge in [-0.2, -0.15) is 4.98 Å². The summed E-state index contributed by atoms with van der Waals surface area (Å²) in [6.07, 6.45) is 1.37. The van der Waals surface area contributed by atoms with Crippen LogP contribution in [0.3, 0.4) is 0 Å². The fourth-order valence-corrected chi connectivity index (χ4v) is 2.59. The standard InChI is InChI=1S/C15H25N3O2/c1-9(2)20-13-7-10(3)16-14(18-13)17-11-8-12(19-6)15(11,4)5/h7,9,11-12H,8H2,1-6H3,(H,16,17,18). The molecule has 5 heteroatoms. The highest BCUT2D eigenvalue weighted by Gasteiger charge is 2.48. The van der Waals surface area contributed by atoms with E-state index in [1.54, 1.807) is 7.11 Å². The summed E-state index contributed by atoms with van der Waals surface area (Å²) in [6.45, 7) is 10.3. The van der Waals surface area contributed by atoms with Gasteiger partial charge in [-0.1, -0.05) is 13.8 Å². The predicted molar refractivity (Wildman–Crippen MR) is 79.1 cm³/mol. The molecule has 1 aliphatic carbocycles. The third kappa shape index (κ3) is 3.03. The van der Waals surface area contributed by atoms with E-state index in [4.69, 9.17) is 9.47 Å². The number of ether oxygens (including phenoxy) is 2. The zero-order valence-electron chi connectivity index (χ0n) is 13.2. The smallest absolute Gasteiger partial charge is 0.226 e. The average molecular weight is 279 g/mol. The van der Waals surface area contributed by atoms with E-state index in [9.17, 15) is 0 Å². The minimum Gasteiger partial charge on any atom is -0.475 e. The van der Waals surface area contributed by atoms with Crippen molar-refractivity contribution in [3.63, 3.8) is 0 Å². The zero-order chi connectivity index (χ0) is 14.9. The normalized spacial score (nSPS) is 24.4. The van der Waals surface area contributed by atoms with Gasteiger partial charge in [-0.05, 0) is 27.2 Å². The van der Waals surface area contributed by atoms with E-state index < -0.39 is 0 Å². The third-order valence-corrected chi connectivity index (χ3v) is 3.95. The van der Waals surface area contributed by atoms with Crippen molar-refractivity contribution in [2.75, 3.05) is 12.4 Å². The second-order valence-electron chi connectivity index (χ2n) is 6.32. The number of aromatic nitrogens is 2. The molecule has 0 bridgehead atoms. The zero-order valence-corrected chi connectivity index (χ0v) is 13.2. The number of nitrogens with zero attached hydrogens (tertiary/aromatic N) is 2. The van der Waals surface area contributed by atoms with Crippen LogP contribution in [0, 0.1) is 12.3 Å². The van der Waals surface area contributed by atoms with Crippen molar-refractivity contribution in [1.82, 2.24) is 9.97 Å². The molecule has 0 aromatic carbocycles. The van der Waals surface area contributed by atoms with Crippen LogP contribution in [-0.2, 0) is 4.74 Å². The number of hydrogen-bond acceptors (Lipinski definition) is 5. The molecule has 112 valence electrons. The molecular weight excluding hydrogens is 254 g/mol. The van der Waals surface area contributed by atoms with Crippen LogP contribution < -0.4 is 10.1 Å². The quantitative estimate of drug-likeness (QED) is 0.898. The van der Waals surface area contributed by atoms with Crippen molar-refractivity contribution in [2.24, 2.45) is 5.41 Å². The van der Waals surface area contributed by atoms with Gasteiger partial charge in [-0.3, -0.25) is 0 Å². The molecule has 0 saturated heterocycles. The first-order chi connectivity index (χ1) is 9.32. The molecule has 0 aliphatic heterocycles. The molecule has 20 heavy (non-hydrogen) atoms. The van der Waals surface area contributed by atoms with Gasteiger partial charge in [-0.25, -0.2) is 4.98 Å². The lowest BCUT2D eigenvalue weighted by Crippen LogP contribution is -2.57. The lowest BCUT2D eigenvalue weighted by Gasteiger charge is -2.51. The average Bonchev–Trinajstić information content (AvgIpc) is 2.32. The summed E-state index contributed by atoms with van der Waals surface area (Å²) in [5.41, 5.74) is 0.986. The van der Waals surface area contributed by atoms with Gasteiger partial charge in [0, 0.05) is 30.3 Å². The highest BCUT2D eigenvalue weighted by molar-refractivity contribution is 5.34. The summed E-state index contributed by atoms with van der Waals surface area (Å²) < 4.78 is 11.1. The van der Waals surface area contributed by atoms with E-state index in [-0.39, 0.29) is 17.6 Å². The second-order valence-corrected chi connectivity index (χ2v) is 6.32. The van der Waals surface area contributed by atoms with Gasteiger partial charge in [0.2, 0.25) is 11.8 Å². The Morgan fingerprint density at radius 2 is 2.05 bits per heavy atom. The summed E-state index contributed by atoms with van der Waals surface area (Å²) in [7, 11) is 1.76. The predicted octanol–water partition coefficient (Wildman–Crippen LogP) is 2.80. The van der Waals surface area contributed by atoms with E-state index in [0.717, 1.165) is 12.1 Å². The van der Waals surface area contributed by atoms with Crippen LogP contribution in [0.5, 0.6) is 5.88 Å². The maximum Gasteiger partial charge on any atom is 0.226 e. The molecule has 5 nitrogen and oxygen atoms in total. The van der Waals surface area contributed by atoms with Crippen molar-refractivity contribution in [3.8, 4) is 5.88 Å². The summed E-state index contributed by atoms with van der Waals surface area (Å²) in [6, 6.07) is 2.18.